The fourth-order valence-corrected chi connectivity index (χ4v) is 3.26. The molecular weight excluding hydrogens is 333 g/mol. The average molecular weight is 344 g/mol. The van der Waals surface area contributed by atoms with Gasteiger partial charge in [-0.1, -0.05) is 29.3 Å². The molecule has 7 heteroatoms. The summed E-state index contributed by atoms with van der Waals surface area (Å²) in [7, 11) is 0. The third-order valence-electron chi connectivity index (χ3n) is 2.83. The van der Waals surface area contributed by atoms with Crippen molar-refractivity contribution in [2.75, 3.05) is 0 Å². The van der Waals surface area contributed by atoms with Crippen LogP contribution in [-0.4, -0.2) is 11.1 Å². The van der Waals surface area contributed by atoms with Gasteiger partial charge in [0, 0.05) is 15.6 Å². The summed E-state index contributed by atoms with van der Waals surface area (Å²) in [6, 6.07) is 8.22. The Morgan fingerprint density at radius 2 is 1.90 bits per heavy atom. The molecule has 1 aromatic carbocycles. The second-order valence-electron chi connectivity index (χ2n) is 4.17. The number of hydrogen-bond acceptors (Lipinski definition) is 4. The number of halogens is 2. The standard InChI is InChI=1S/C14H11Cl2NO3S/c1-7(9-3-2-8(15)6-10(9)16)13(20-17)11-4-5-12(21-11)14(18)19/h2-6H,17H2,1H3,(H,18,19)/b13-7+. The summed E-state index contributed by atoms with van der Waals surface area (Å²) in [6.45, 7) is 1.79. The number of rotatable bonds is 4. The van der Waals surface area contributed by atoms with Crippen LogP contribution in [-0.2, 0) is 4.84 Å². The highest BCUT2D eigenvalue weighted by atomic mass is 35.5. The number of aromatic carboxylic acids is 1. The van der Waals surface area contributed by atoms with Gasteiger partial charge in [-0.05, 0) is 36.8 Å². The van der Waals surface area contributed by atoms with Gasteiger partial charge in [-0.2, -0.15) is 5.90 Å². The predicted molar refractivity (Wildman–Crippen MR) is 85.5 cm³/mol. The number of carbonyl (C=O) groups is 1. The molecule has 0 spiro atoms. The lowest BCUT2D eigenvalue weighted by atomic mass is 10.1. The molecule has 0 fully saturated rings. The molecule has 3 N–H and O–H groups in total. The molecule has 0 saturated carbocycles. The molecule has 0 saturated heterocycles. The molecule has 1 aromatic heterocycles. The molecule has 4 nitrogen and oxygen atoms in total. The van der Waals surface area contributed by atoms with Crippen molar-refractivity contribution in [3.8, 4) is 0 Å². The first-order valence-electron chi connectivity index (χ1n) is 5.80. The molecule has 0 bridgehead atoms. The first-order valence-corrected chi connectivity index (χ1v) is 7.37. The van der Waals surface area contributed by atoms with Crippen molar-refractivity contribution in [2.24, 2.45) is 5.90 Å². The van der Waals surface area contributed by atoms with Crippen LogP contribution in [0.25, 0.3) is 11.3 Å². The van der Waals surface area contributed by atoms with Crippen LogP contribution in [0.2, 0.25) is 10.0 Å². The number of thiophene rings is 1. The van der Waals surface area contributed by atoms with Crippen LogP contribution in [0.4, 0.5) is 0 Å². The minimum atomic E-state index is -0.996. The van der Waals surface area contributed by atoms with Crippen molar-refractivity contribution < 1.29 is 14.7 Å². The maximum Gasteiger partial charge on any atom is 0.345 e. The van der Waals surface area contributed by atoms with Gasteiger partial charge in [-0.15, -0.1) is 11.3 Å². The Morgan fingerprint density at radius 1 is 1.24 bits per heavy atom. The Labute approximate surface area is 135 Å². The van der Waals surface area contributed by atoms with Crippen molar-refractivity contribution in [2.45, 2.75) is 6.92 Å². The van der Waals surface area contributed by atoms with Gasteiger partial charge in [0.15, 0.2) is 5.76 Å². The topological polar surface area (TPSA) is 72.5 Å². The molecule has 0 aliphatic carbocycles. The Balaban J connectivity index is 2.52. The van der Waals surface area contributed by atoms with E-state index in [4.69, 9.17) is 39.0 Å². The normalized spacial score (nSPS) is 12.0. The SMILES string of the molecule is C/C(=C(\ON)c1ccc(C(=O)O)s1)c1ccc(Cl)cc1Cl. The Morgan fingerprint density at radius 3 is 2.43 bits per heavy atom. The zero-order chi connectivity index (χ0) is 15.6. The molecular formula is C14H11Cl2NO3S. The summed E-state index contributed by atoms with van der Waals surface area (Å²) in [6.07, 6.45) is 0. The number of allylic oxidation sites excluding steroid dienone is 1. The summed E-state index contributed by atoms with van der Waals surface area (Å²) in [5.41, 5.74) is 1.41. The van der Waals surface area contributed by atoms with E-state index < -0.39 is 5.97 Å². The third-order valence-corrected chi connectivity index (χ3v) is 4.45. The number of nitrogens with two attached hydrogens (primary N) is 1. The average Bonchev–Trinajstić information content (AvgIpc) is 2.89. The molecule has 0 aliphatic heterocycles. The molecule has 0 atom stereocenters. The van der Waals surface area contributed by atoms with Crippen LogP contribution in [0.1, 0.15) is 27.0 Å². The van der Waals surface area contributed by atoms with E-state index in [0.29, 0.717) is 31.8 Å². The lowest BCUT2D eigenvalue weighted by molar-refractivity contribution is 0.0702. The summed E-state index contributed by atoms with van der Waals surface area (Å²) in [5, 5.41) is 9.96. The molecule has 0 unspecified atom stereocenters. The Kier molecular flexibility index (Phi) is 4.90. The quantitative estimate of drug-likeness (QED) is 0.631. The van der Waals surface area contributed by atoms with E-state index in [1.165, 1.54) is 6.07 Å². The first-order chi connectivity index (χ1) is 9.93. The lowest BCUT2D eigenvalue weighted by Crippen LogP contribution is -2.00. The largest absolute Gasteiger partial charge is 0.477 e. The van der Waals surface area contributed by atoms with Crippen molar-refractivity contribution in [3.63, 3.8) is 0 Å². The molecule has 110 valence electrons. The fourth-order valence-electron chi connectivity index (χ4n) is 1.82. The van der Waals surface area contributed by atoms with Gasteiger partial charge >= 0.3 is 5.97 Å². The highest BCUT2D eigenvalue weighted by Crippen LogP contribution is 2.34. The smallest absolute Gasteiger partial charge is 0.345 e. The minimum Gasteiger partial charge on any atom is -0.477 e. The van der Waals surface area contributed by atoms with Gasteiger partial charge in [-0.25, -0.2) is 4.79 Å². The van der Waals surface area contributed by atoms with Crippen LogP contribution < -0.4 is 5.90 Å². The van der Waals surface area contributed by atoms with Gasteiger partial charge in [0.05, 0.1) is 4.88 Å². The summed E-state index contributed by atoms with van der Waals surface area (Å²) in [5.74, 6) is 4.72. The summed E-state index contributed by atoms with van der Waals surface area (Å²) < 4.78 is 0. The number of carboxylic acid groups (broad SMARTS) is 1. The number of hydrogen-bond donors (Lipinski definition) is 2. The van der Waals surface area contributed by atoms with E-state index in [1.807, 2.05) is 0 Å². The van der Waals surface area contributed by atoms with E-state index in [0.717, 1.165) is 11.3 Å². The Hall–Kier alpha value is -1.53. The van der Waals surface area contributed by atoms with E-state index in [2.05, 4.69) is 0 Å². The fraction of sp³-hybridized carbons (Fsp3) is 0.0714. The monoisotopic (exact) mass is 343 g/mol. The second-order valence-corrected chi connectivity index (χ2v) is 6.09. The molecule has 1 heterocycles. The predicted octanol–water partition coefficient (Wildman–Crippen LogP) is 4.53. The van der Waals surface area contributed by atoms with Gasteiger partial charge in [-0.3, -0.25) is 0 Å². The van der Waals surface area contributed by atoms with Crippen LogP contribution in [0.3, 0.4) is 0 Å². The Bertz CT molecular complexity index is 725. The highest BCUT2D eigenvalue weighted by Gasteiger charge is 2.16. The minimum absolute atomic E-state index is 0.203. The van der Waals surface area contributed by atoms with Gasteiger partial charge in [0.25, 0.3) is 0 Å². The second kappa shape index (κ2) is 6.49. The van der Waals surface area contributed by atoms with Crippen LogP contribution in [0.5, 0.6) is 0 Å². The lowest BCUT2D eigenvalue weighted by Gasteiger charge is -2.10. The highest BCUT2D eigenvalue weighted by molar-refractivity contribution is 7.15. The van der Waals surface area contributed by atoms with E-state index in [9.17, 15) is 4.79 Å². The first kappa shape index (κ1) is 15.9. The molecule has 21 heavy (non-hydrogen) atoms. The molecule has 0 radical (unpaired) electrons. The maximum atomic E-state index is 10.9. The summed E-state index contributed by atoms with van der Waals surface area (Å²) in [4.78, 5) is 16.7. The van der Waals surface area contributed by atoms with E-state index >= 15 is 0 Å². The van der Waals surface area contributed by atoms with Crippen molar-refractivity contribution >= 4 is 51.8 Å². The van der Waals surface area contributed by atoms with Gasteiger partial charge in [0.1, 0.15) is 4.88 Å². The van der Waals surface area contributed by atoms with Crippen LogP contribution in [0.15, 0.2) is 30.3 Å². The van der Waals surface area contributed by atoms with Crippen LogP contribution >= 0.6 is 34.5 Å². The zero-order valence-corrected chi connectivity index (χ0v) is 13.2. The number of carboxylic acids is 1. The third kappa shape index (κ3) is 3.39. The van der Waals surface area contributed by atoms with Crippen LogP contribution in [0, 0.1) is 0 Å². The van der Waals surface area contributed by atoms with E-state index in [-0.39, 0.29) is 4.88 Å². The van der Waals surface area contributed by atoms with Gasteiger partial charge in [0.2, 0.25) is 0 Å². The zero-order valence-electron chi connectivity index (χ0n) is 10.9. The summed E-state index contributed by atoms with van der Waals surface area (Å²) >= 11 is 13.1. The van der Waals surface area contributed by atoms with E-state index in [1.54, 1.807) is 31.2 Å². The number of benzene rings is 1. The van der Waals surface area contributed by atoms with Crippen molar-refractivity contribution in [1.29, 1.82) is 0 Å². The molecule has 0 amide bonds. The van der Waals surface area contributed by atoms with Crippen molar-refractivity contribution in [3.05, 3.63) is 55.7 Å². The molecule has 2 aromatic rings. The molecule has 2 rings (SSSR count). The van der Waals surface area contributed by atoms with Crippen molar-refractivity contribution in [1.82, 2.24) is 0 Å². The maximum absolute atomic E-state index is 10.9. The molecule has 0 aliphatic rings. The van der Waals surface area contributed by atoms with Gasteiger partial charge < -0.3 is 9.94 Å².